The van der Waals surface area contributed by atoms with E-state index in [0.29, 0.717) is 16.6 Å². The first kappa shape index (κ1) is 17.0. The second kappa shape index (κ2) is 7.02. The van der Waals surface area contributed by atoms with Gasteiger partial charge in [-0.05, 0) is 35.9 Å². The van der Waals surface area contributed by atoms with Crippen LogP contribution in [-0.4, -0.2) is 16.7 Å². The summed E-state index contributed by atoms with van der Waals surface area (Å²) in [5.74, 6) is 1.60. The molecule has 0 N–H and O–H groups in total. The van der Waals surface area contributed by atoms with Crippen molar-refractivity contribution in [2.24, 2.45) is 0 Å². The summed E-state index contributed by atoms with van der Waals surface area (Å²) in [6.07, 6.45) is 0. The predicted molar refractivity (Wildman–Crippen MR) is 107 cm³/mol. The van der Waals surface area contributed by atoms with Crippen LogP contribution in [0, 0.1) is 0 Å². The maximum Gasteiger partial charge on any atom is 0.142 e. The van der Waals surface area contributed by atoms with E-state index in [0.717, 1.165) is 28.2 Å². The van der Waals surface area contributed by atoms with Gasteiger partial charge in [-0.2, -0.15) is 0 Å². The molecule has 0 amide bonds. The van der Waals surface area contributed by atoms with Gasteiger partial charge in [0.2, 0.25) is 0 Å². The summed E-state index contributed by atoms with van der Waals surface area (Å²) in [5, 5.41) is 1.18. The number of imidazole rings is 1. The zero-order chi connectivity index (χ0) is 18.1. The van der Waals surface area contributed by atoms with Gasteiger partial charge < -0.3 is 9.30 Å². The fourth-order valence-corrected chi connectivity index (χ4v) is 3.52. The molecule has 0 saturated carbocycles. The molecule has 3 nitrogen and oxygen atoms in total. The average molecular weight is 383 g/mol. The molecular weight excluding hydrogens is 367 g/mol. The van der Waals surface area contributed by atoms with Crippen LogP contribution in [0.5, 0.6) is 5.75 Å². The molecule has 5 heteroatoms. The van der Waals surface area contributed by atoms with Gasteiger partial charge in [0.1, 0.15) is 11.6 Å². The Labute approximate surface area is 161 Å². The molecule has 0 aliphatic heterocycles. The van der Waals surface area contributed by atoms with Crippen LogP contribution >= 0.6 is 23.2 Å². The molecule has 0 saturated heterocycles. The molecule has 1 heterocycles. The third-order valence-corrected chi connectivity index (χ3v) is 4.86. The molecule has 0 radical (unpaired) electrons. The Bertz CT molecular complexity index is 1070. The number of aromatic nitrogens is 2. The molecule has 0 aliphatic carbocycles. The lowest BCUT2D eigenvalue weighted by Gasteiger charge is -2.11. The van der Waals surface area contributed by atoms with Crippen molar-refractivity contribution in [3.05, 3.63) is 82.3 Å². The molecule has 4 aromatic rings. The Balaban J connectivity index is 1.94. The van der Waals surface area contributed by atoms with Crippen molar-refractivity contribution in [1.29, 1.82) is 0 Å². The highest BCUT2D eigenvalue weighted by Crippen LogP contribution is 2.33. The van der Waals surface area contributed by atoms with Crippen molar-refractivity contribution in [2.75, 3.05) is 7.11 Å². The number of ether oxygens (including phenoxy) is 1. The van der Waals surface area contributed by atoms with E-state index in [1.54, 1.807) is 13.2 Å². The van der Waals surface area contributed by atoms with Gasteiger partial charge in [0.15, 0.2) is 0 Å². The highest BCUT2D eigenvalue weighted by molar-refractivity contribution is 6.36. The summed E-state index contributed by atoms with van der Waals surface area (Å²) < 4.78 is 7.55. The van der Waals surface area contributed by atoms with Crippen molar-refractivity contribution in [3.63, 3.8) is 0 Å². The smallest absolute Gasteiger partial charge is 0.142 e. The third kappa shape index (κ3) is 3.16. The first-order valence-electron chi connectivity index (χ1n) is 8.19. The minimum atomic E-state index is 0.578. The Kier molecular flexibility index (Phi) is 4.58. The Morgan fingerprint density at radius 1 is 0.962 bits per heavy atom. The van der Waals surface area contributed by atoms with Gasteiger partial charge >= 0.3 is 0 Å². The first-order chi connectivity index (χ1) is 12.7. The highest BCUT2D eigenvalue weighted by Gasteiger charge is 2.16. The summed E-state index contributed by atoms with van der Waals surface area (Å²) in [5.41, 5.74) is 3.92. The normalized spacial score (nSPS) is 11.0. The van der Waals surface area contributed by atoms with E-state index in [-0.39, 0.29) is 0 Å². The van der Waals surface area contributed by atoms with Crippen molar-refractivity contribution in [3.8, 4) is 17.1 Å². The van der Waals surface area contributed by atoms with Crippen molar-refractivity contribution in [1.82, 2.24) is 9.55 Å². The molecule has 0 unspecified atom stereocenters. The number of fused-ring (bicyclic) bond motifs is 1. The van der Waals surface area contributed by atoms with Gasteiger partial charge in [-0.25, -0.2) is 4.98 Å². The molecule has 0 bridgehead atoms. The van der Waals surface area contributed by atoms with E-state index in [1.165, 1.54) is 5.56 Å². The molecule has 1 aromatic heterocycles. The number of benzene rings is 3. The molecule has 26 heavy (non-hydrogen) atoms. The van der Waals surface area contributed by atoms with Gasteiger partial charge in [-0.15, -0.1) is 0 Å². The Morgan fingerprint density at radius 3 is 2.50 bits per heavy atom. The molecule has 0 aliphatic rings. The minimum Gasteiger partial charge on any atom is -0.497 e. The van der Waals surface area contributed by atoms with E-state index < -0.39 is 0 Å². The van der Waals surface area contributed by atoms with E-state index in [2.05, 4.69) is 16.7 Å². The van der Waals surface area contributed by atoms with Crippen LogP contribution in [0.3, 0.4) is 0 Å². The highest BCUT2D eigenvalue weighted by atomic mass is 35.5. The zero-order valence-corrected chi connectivity index (χ0v) is 15.6. The number of hydrogen-bond donors (Lipinski definition) is 0. The third-order valence-electron chi connectivity index (χ3n) is 4.31. The lowest BCUT2D eigenvalue weighted by atomic mass is 10.2. The van der Waals surface area contributed by atoms with Crippen LogP contribution in [-0.2, 0) is 6.54 Å². The van der Waals surface area contributed by atoms with Crippen molar-refractivity contribution < 1.29 is 4.74 Å². The second-order valence-electron chi connectivity index (χ2n) is 5.99. The van der Waals surface area contributed by atoms with Crippen LogP contribution in [0.2, 0.25) is 10.0 Å². The quantitative estimate of drug-likeness (QED) is 0.428. The predicted octanol–water partition coefficient (Wildman–Crippen LogP) is 6.07. The number of nitrogens with zero attached hydrogens (tertiary/aromatic N) is 2. The van der Waals surface area contributed by atoms with Gasteiger partial charge in [-0.3, -0.25) is 0 Å². The molecule has 0 spiro atoms. The summed E-state index contributed by atoms with van der Waals surface area (Å²) in [6.45, 7) is 0.679. The zero-order valence-electron chi connectivity index (χ0n) is 14.1. The first-order valence-corrected chi connectivity index (χ1v) is 8.95. The second-order valence-corrected chi connectivity index (χ2v) is 6.83. The average Bonchev–Trinajstić information content (AvgIpc) is 3.00. The molecule has 130 valence electrons. The van der Waals surface area contributed by atoms with Crippen molar-refractivity contribution >= 4 is 34.2 Å². The van der Waals surface area contributed by atoms with Gasteiger partial charge in [0.25, 0.3) is 0 Å². The lowest BCUT2D eigenvalue weighted by molar-refractivity contribution is 0.415. The number of halogens is 2. The molecule has 4 rings (SSSR count). The standard InChI is InChI=1S/C21H16Cl2N2O/c1-26-16-8-10-19-20(12-16)25(13-14-5-3-2-4-6-14)21(24-19)17-9-7-15(22)11-18(17)23/h2-12H,13H2,1H3. The van der Waals surface area contributed by atoms with Gasteiger partial charge in [0.05, 0.1) is 23.2 Å². The van der Waals surface area contributed by atoms with E-state index in [4.69, 9.17) is 32.9 Å². The van der Waals surface area contributed by atoms with Crippen molar-refractivity contribution in [2.45, 2.75) is 6.54 Å². The van der Waals surface area contributed by atoms with Crippen LogP contribution in [0.1, 0.15) is 5.56 Å². The summed E-state index contributed by atoms with van der Waals surface area (Å²) in [7, 11) is 1.66. The summed E-state index contributed by atoms with van der Waals surface area (Å²) in [4.78, 5) is 4.82. The summed E-state index contributed by atoms with van der Waals surface area (Å²) in [6, 6.07) is 21.6. The van der Waals surface area contributed by atoms with Gasteiger partial charge in [0, 0.05) is 23.2 Å². The van der Waals surface area contributed by atoms with Crippen LogP contribution in [0.15, 0.2) is 66.7 Å². The maximum absolute atomic E-state index is 6.46. The number of methoxy groups -OCH3 is 1. The Hall–Kier alpha value is -2.49. The van der Waals surface area contributed by atoms with E-state index >= 15 is 0 Å². The SMILES string of the molecule is COc1ccc2nc(-c3ccc(Cl)cc3Cl)n(Cc3ccccc3)c2c1. The van der Waals surface area contributed by atoms with Crippen LogP contribution in [0.25, 0.3) is 22.4 Å². The largest absolute Gasteiger partial charge is 0.497 e. The van der Waals surface area contributed by atoms with E-state index in [1.807, 2.05) is 48.5 Å². The van der Waals surface area contributed by atoms with Crippen LogP contribution in [0.4, 0.5) is 0 Å². The van der Waals surface area contributed by atoms with Gasteiger partial charge in [-0.1, -0.05) is 53.5 Å². The fraction of sp³-hybridized carbons (Fsp3) is 0.0952. The number of hydrogen-bond acceptors (Lipinski definition) is 2. The Morgan fingerprint density at radius 2 is 1.77 bits per heavy atom. The number of rotatable bonds is 4. The fourth-order valence-electron chi connectivity index (χ4n) is 3.03. The lowest BCUT2D eigenvalue weighted by Crippen LogP contribution is -2.02. The van der Waals surface area contributed by atoms with E-state index in [9.17, 15) is 0 Å². The molecule has 3 aromatic carbocycles. The molecular formula is C21H16Cl2N2O. The molecule has 0 fully saturated rings. The summed E-state index contributed by atoms with van der Waals surface area (Å²) >= 11 is 12.5. The monoisotopic (exact) mass is 382 g/mol. The maximum atomic E-state index is 6.46. The minimum absolute atomic E-state index is 0.578. The topological polar surface area (TPSA) is 27.1 Å². The molecule has 0 atom stereocenters. The van der Waals surface area contributed by atoms with Crippen LogP contribution < -0.4 is 4.74 Å².